The van der Waals surface area contributed by atoms with Crippen molar-refractivity contribution in [1.29, 1.82) is 0 Å². The Balaban J connectivity index is 1.57. The Bertz CT molecular complexity index is 1020. The van der Waals surface area contributed by atoms with Gasteiger partial charge in [-0.1, -0.05) is 30.9 Å². The van der Waals surface area contributed by atoms with Gasteiger partial charge in [-0.2, -0.15) is 5.10 Å². The molecular formula is C22H27ClN4OS. The predicted molar refractivity (Wildman–Crippen MR) is 121 cm³/mol. The van der Waals surface area contributed by atoms with Crippen molar-refractivity contribution in [3.05, 3.63) is 45.9 Å². The number of rotatable bonds is 5. The van der Waals surface area contributed by atoms with Crippen LogP contribution in [-0.4, -0.2) is 46.8 Å². The Morgan fingerprint density at radius 3 is 2.59 bits per heavy atom. The fourth-order valence-corrected chi connectivity index (χ4v) is 5.47. The summed E-state index contributed by atoms with van der Waals surface area (Å²) in [6.07, 6.45) is 6.02. The van der Waals surface area contributed by atoms with Crippen molar-refractivity contribution in [2.75, 3.05) is 20.6 Å². The number of nitrogens with zero attached hydrogens (tertiary/aromatic N) is 3. The Morgan fingerprint density at radius 2 is 1.93 bits per heavy atom. The van der Waals surface area contributed by atoms with E-state index >= 15 is 0 Å². The number of carbonyl (C=O) groups excluding carboxylic acids is 1. The predicted octanol–water partition coefficient (Wildman–Crippen LogP) is 5.04. The number of thiophene rings is 1. The van der Waals surface area contributed by atoms with Crippen LogP contribution >= 0.6 is 22.9 Å². The quantitative estimate of drug-likeness (QED) is 0.616. The SMILES string of the molecule is Cc1nn(-c2ccc(Cl)cc2)c2sc(C(=O)NCC3(N(C)C)CCCCC3)cc12. The molecule has 1 aliphatic carbocycles. The molecule has 0 saturated heterocycles. The lowest BCUT2D eigenvalue weighted by molar-refractivity contribution is 0.0802. The number of hydrogen-bond donors (Lipinski definition) is 1. The summed E-state index contributed by atoms with van der Waals surface area (Å²) in [6.45, 7) is 2.67. The second-order valence-corrected chi connectivity index (χ2v) is 9.63. The standard InChI is InChI=1S/C22H27ClN4OS/c1-15-18-13-19(20(28)24-14-22(26(2)3)11-5-4-6-12-22)29-21(18)27(25-15)17-9-7-16(23)8-10-17/h7-10,13H,4-6,11-12,14H2,1-3H3,(H,24,28). The Kier molecular flexibility index (Phi) is 5.69. The van der Waals surface area contributed by atoms with Gasteiger partial charge in [0.15, 0.2) is 0 Å². The number of amides is 1. The van der Waals surface area contributed by atoms with Crippen molar-refractivity contribution in [3.8, 4) is 5.69 Å². The van der Waals surface area contributed by atoms with Crippen LogP contribution in [0, 0.1) is 6.92 Å². The zero-order valence-electron chi connectivity index (χ0n) is 17.2. The number of hydrogen-bond acceptors (Lipinski definition) is 4. The lowest BCUT2D eigenvalue weighted by Gasteiger charge is -2.43. The Morgan fingerprint density at radius 1 is 1.24 bits per heavy atom. The van der Waals surface area contributed by atoms with E-state index in [1.807, 2.05) is 41.9 Å². The van der Waals surface area contributed by atoms with Gasteiger partial charge in [0.25, 0.3) is 5.91 Å². The zero-order chi connectivity index (χ0) is 20.6. The van der Waals surface area contributed by atoms with E-state index in [9.17, 15) is 4.79 Å². The highest BCUT2D eigenvalue weighted by Gasteiger charge is 2.34. The molecule has 2 heterocycles. The topological polar surface area (TPSA) is 50.2 Å². The summed E-state index contributed by atoms with van der Waals surface area (Å²) < 4.78 is 1.89. The molecule has 1 amide bonds. The van der Waals surface area contributed by atoms with Gasteiger partial charge < -0.3 is 10.2 Å². The third-order valence-electron chi connectivity index (χ3n) is 6.15. The van der Waals surface area contributed by atoms with E-state index in [0.29, 0.717) is 11.6 Å². The highest BCUT2D eigenvalue weighted by atomic mass is 35.5. The molecule has 0 bridgehead atoms. The van der Waals surface area contributed by atoms with Crippen molar-refractivity contribution in [2.24, 2.45) is 0 Å². The van der Waals surface area contributed by atoms with Crippen molar-refractivity contribution in [2.45, 2.75) is 44.6 Å². The average molecular weight is 431 g/mol. The Labute approximate surface area is 180 Å². The number of nitrogens with one attached hydrogen (secondary N) is 1. The van der Waals surface area contributed by atoms with E-state index in [4.69, 9.17) is 11.6 Å². The molecular weight excluding hydrogens is 404 g/mol. The molecule has 1 saturated carbocycles. The molecule has 29 heavy (non-hydrogen) atoms. The lowest BCUT2D eigenvalue weighted by atomic mass is 9.80. The number of aryl methyl sites for hydroxylation is 1. The van der Waals surface area contributed by atoms with Gasteiger partial charge in [-0.25, -0.2) is 4.68 Å². The Hall–Kier alpha value is -1.89. The van der Waals surface area contributed by atoms with Crippen LogP contribution in [0.5, 0.6) is 0 Å². The van der Waals surface area contributed by atoms with E-state index in [1.165, 1.54) is 30.6 Å². The molecule has 5 nitrogen and oxygen atoms in total. The van der Waals surface area contributed by atoms with Crippen molar-refractivity contribution < 1.29 is 4.79 Å². The second-order valence-electron chi connectivity index (χ2n) is 8.17. The molecule has 0 atom stereocenters. The van der Waals surface area contributed by atoms with Gasteiger partial charge in [0, 0.05) is 22.5 Å². The van der Waals surface area contributed by atoms with Gasteiger partial charge in [0.1, 0.15) is 4.83 Å². The summed E-state index contributed by atoms with van der Waals surface area (Å²) in [5.41, 5.74) is 1.93. The smallest absolute Gasteiger partial charge is 0.261 e. The maximum Gasteiger partial charge on any atom is 0.261 e. The van der Waals surface area contributed by atoms with Crippen LogP contribution in [0.25, 0.3) is 15.9 Å². The molecule has 1 aromatic carbocycles. The minimum absolute atomic E-state index is 0.0000505. The molecule has 0 radical (unpaired) electrons. The average Bonchev–Trinajstić information content (AvgIpc) is 3.28. The van der Waals surface area contributed by atoms with Crippen LogP contribution in [0.15, 0.2) is 30.3 Å². The summed E-state index contributed by atoms with van der Waals surface area (Å²) in [5.74, 6) is 0.0000505. The third kappa shape index (κ3) is 3.93. The zero-order valence-corrected chi connectivity index (χ0v) is 18.7. The fraction of sp³-hybridized carbons (Fsp3) is 0.455. The number of benzene rings is 1. The number of carbonyl (C=O) groups is 1. The van der Waals surface area contributed by atoms with Gasteiger partial charge in [-0.15, -0.1) is 11.3 Å². The summed E-state index contributed by atoms with van der Waals surface area (Å²) in [5, 5.41) is 9.58. The maximum atomic E-state index is 13.0. The first-order valence-electron chi connectivity index (χ1n) is 10.1. The van der Waals surface area contributed by atoms with Gasteiger partial charge >= 0.3 is 0 Å². The van der Waals surface area contributed by atoms with Crippen LogP contribution in [0.4, 0.5) is 0 Å². The molecule has 1 aliphatic rings. The molecule has 0 aliphatic heterocycles. The van der Waals surface area contributed by atoms with E-state index in [-0.39, 0.29) is 11.4 Å². The third-order valence-corrected chi connectivity index (χ3v) is 7.51. The van der Waals surface area contributed by atoms with Crippen LogP contribution in [-0.2, 0) is 0 Å². The van der Waals surface area contributed by atoms with Crippen molar-refractivity contribution in [1.82, 2.24) is 20.0 Å². The normalized spacial score (nSPS) is 16.4. The first-order valence-corrected chi connectivity index (χ1v) is 11.3. The summed E-state index contributed by atoms with van der Waals surface area (Å²) >= 11 is 7.50. The molecule has 1 N–H and O–H groups in total. The number of halogens is 1. The van der Waals surface area contributed by atoms with Crippen LogP contribution < -0.4 is 5.32 Å². The van der Waals surface area contributed by atoms with Crippen LogP contribution in [0.3, 0.4) is 0 Å². The van der Waals surface area contributed by atoms with Crippen LogP contribution in [0.1, 0.15) is 47.5 Å². The minimum atomic E-state index is 0.0000505. The molecule has 0 unspecified atom stereocenters. The van der Waals surface area contributed by atoms with Gasteiger partial charge in [-0.05, 0) is 64.2 Å². The first kappa shape index (κ1) is 20.4. The lowest BCUT2D eigenvalue weighted by Crippen LogP contribution is -2.53. The highest BCUT2D eigenvalue weighted by molar-refractivity contribution is 7.20. The van der Waals surface area contributed by atoms with Gasteiger partial charge in [-0.3, -0.25) is 4.79 Å². The summed E-state index contributed by atoms with van der Waals surface area (Å²) in [6, 6.07) is 9.56. The van der Waals surface area contributed by atoms with Crippen molar-refractivity contribution >= 4 is 39.1 Å². The molecule has 2 aromatic heterocycles. The van der Waals surface area contributed by atoms with Gasteiger partial charge in [0.05, 0.1) is 16.3 Å². The first-order chi connectivity index (χ1) is 13.9. The summed E-state index contributed by atoms with van der Waals surface area (Å²) in [7, 11) is 4.25. The van der Waals surface area contributed by atoms with E-state index in [1.54, 1.807) is 0 Å². The molecule has 7 heteroatoms. The number of likely N-dealkylation sites (N-methyl/N-ethyl adjacent to an activating group) is 1. The second kappa shape index (κ2) is 8.09. The van der Waals surface area contributed by atoms with Crippen molar-refractivity contribution in [3.63, 3.8) is 0 Å². The molecule has 154 valence electrons. The summed E-state index contributed by atoms with van der Waals surface area (Å²) in [4.78, 5) is 17.0. The number of fused-ring (bicyclic) bond motifs is 1. The number of aromatic nitrogens is 2. The fourth-order valence-electron chi connectivity index (χ4n) is 4.24. The molecule has 0 spiro atoms. The molecule has 4 rings (SSSR count). The maximum absolute atomic E-state index is 13.0. The van der Waals surface area contributed by atoms with Gasteiger partial charge in [0.2, 0.25) is 0 Å². The van der Waals surface area contributed by atoms with E-state index in [2.05, 4.69) is 29.4 Å². The largest absolute Gasteiger partial charge is 0.349 e. The van der Waals surface area contributed by atoms with E-state index < -0.39 is 0 Å². The highest BCUT2D eigenvalue weighted by Crippen LogP contribution is 2.33. The molecule has 3 aromatic rings. The monoisotopic (exact) mass is 430 g/mol. The van der Waals surface area contributed by atoms with E-state index in [0.717, 1.165) is 39.3 Å². The minimum Gasteiger partial charge on any atom is -0.349 e. The molecule has 1 fully saturated rings. The van der Waals surface area contributed by atoms with Crippen LogP contribution in [0.2, 0.25) is 5.02 Å².